The highest BCUT2D eigenvalue weighted by atomic mass is 35.5. The molecule has 1 heterocycles. The number of aromatic nitrogens is 1. The molecule has 2 atom stereocenters. The van der Waals surface area contributed by atoms with E-state index in [1.165, 1.54) is 0 Å². The summed E-state index contributed by atoms with van der Waals surface area (Å²) in [7, 11) is 0. The number of hydrogen-bond donors (Lipinski definition) is 2. The normalized spacial score (nSPS) is 14.1. The third-order valence-electron chi connectivity index (χ3n) is 3.07. The van der Waals surface area contributed by atoms with E-state index in [4.69, 9.17) is 11.6 Å². The highest BCUT2D eigenvalue weighted by Crippen LogP contribution is 2.22. The van der Waals surface area contributed by atoms with E-state index in [1.807, 2.05) is 43.5 Å². The quantitative estimate of drug-likeness (QED) is 0.882. The number of rotatable bonds is 5. The smallest absolute Gasteiger partial charge is 0.0928 e. The van der Waals surface area contributed by atoms with Gasteiger partial charge in [-0.05, 0) is 24.6 Å². The highest BCUT2D eigenvalue weighted by Gasteiger charge is 2.12. The molecule has 1 unspecified atom stereocenters. The van der Waals surface area contributed by atoms with Crippen molar-refractivity contribution in [3.8, 4) is 0 Å². The first-order valence-corrected chi connectivity index (χ1v) is 6.62. The van der Waals surface area contributed by atoms with Crippen LogP contribution in [-0.4, -0.2) is 16.6 Å². The number of aliphatic hydroxyl groups excluding tert-OH is 1. The number of nitrogens with zero attached hydrogens (tertiary/aromatic N) is 1. The van der Waals surface area contributed by atoms with Crippen LogP contribution in [-0.2, 0) is 0 Å². The number of pyridine rings is 1. The van der Waals surface area contributed by atoms with Crippen molar-refractivity contribution in [3.63, 3.8) is 0 Å². The van der Waals surface area contributed by atoms with Crippen molar-refractivity contribution >= 4 is 11.6 Å². The lowest BCUT2D eigenvalue weighted by atomic mass is 10.1. The third-order valence-corrected chi connectivity index (χ3v) is 3.41. The lowest BCUT2D eigenvalue weighted by Crippen LogP contribution is -2.24. The summed E-state index contributed by atoms with van der Waals surface area (Å²) in [4.78, 5) is 4.08. The van der Waals surface area contributed by atoms with Gasteiger partial charge >= 0.3 is 0 Å². The summed E-state index contributed by atoms with van der Waals surface area (Å²) in [5.74, 6) is 0. The second kappa shape index (κ2) is 6.66. The first-order chi connectivity index (χ1) is 9.18. The highest BCUT2D eigenvalue weighted by molar-refractivity contribution is 6.31. The van der Waals surface area contributed by atoms with Crippen LogP contribution in [0.2, 0.25) is 5.02 Å². The average Bonchev–Trinajstić information content (AvgIpc) is 2.46. The van der Waals surface area contributed by atoms with Crippen molar-refractivity contribution in [2.24, 2.45) is 0 Å². The number of halogens is 1. The van der Waals surface area contributed by atoms with Crippen molar-refractivity contribution in [1.82, 2.24) is 10.3 Å². The fraction of sp³-hybridized carbons (Fsp3) is 0.267. The predicted molar refractivity (Wildman–Crippen MR) is 77.1 cm³/mol. The maximum Gasteiger partial charge on any atom is 0.0928 e. The van der Waals surface area contributed by atoms with Crippen LogP contribution in [0.15, 0.2) is 48.8 Å². The van der Waals surface area contributed by atoms with Gasteiger partial charge in [0, 0.05) is 35.6 Å². The minimum Gasteiger partial charge on any atom is -0.387 e. The molecular weight excluding hydrogens is 260 g/mol. The van der Waals surface area contributed by atoms with Gasteiger partial charge in [0.2, 0.25) is 0 Å². The molecule has 1 aromatic carbocycles. The molecule has 0 fully saturated rings. The summed E-state index contributed by atoms with van der Waals surface area (Å²) in [5.41, 5.74) is 1.84. The zero-order valence-corrected chi connectivity index (χ0v) is 11.5. The van der Waals surface area contributed by atoms with Gasteiger partial charge in [-0.15, -0.1) is 0 Å². The molecule has 3 nitrogen and oxygen atoms in total. The molecule has 0 amide bonds. The zero-order chi connectivity index (χ0) is 13.7. The van der Waals surface area contributed by atoms with Crippen molar-refractivity contribution in [3.05, 3.63) is 64.9 Å². The van der Waals surface area contributed by atoms with Gasteiger partial charge in [-0.3, -0.25) is 4.98 Å². The van der Waals surface area contributed by atoms with Crippen LogP contribution in [0.4, 0.5) is 0 Å². The van der Waals surface area contributed by atoms with E-state index in [9.17, 15) is 5.11 Å². The zero-order valence-electron chi connectivity index (χ0n) is 10.8. The molecule has 0 spiro atoms. The molecule has 4 heteroatoms. The van der Waals surface area contributed by atoms with Gasteiger partial charge in [0.05, 0.1) is 6.10 Å². The first kappa shape index (κ1) is 14.0. The number of benzene rings is 1. The van der Waals surface area contributed by atoms with E-state index in [-0.39, 0.29) is 6.04 Å². The minimum absolute atomic E-state index is 0.130. The predicted octanol–water partition coefficient (Wildman–Crippen LogP) is 3.12. The van der Waals surface area contributed by atoms with E-state index in [1.54, 1.807) is 12.3 Å². The monoisotopic (exact) mass is 276 g/mol. The molecule has 0 bridgehead atoms. The lowest BCUT2D eigenvalue weighted by molar-refractivity contribution is 0.171. The van der Waals surface area contributed by atoms with Crippen molar-refractivity contribution < 1.29 is 5.11 Å². The fourth-order valence-electron chi connectivity index (χ4n) is 1.89. The van der Waals surface area contributed by atoms with E-state index in [2.05, 4.69) is 10.3 Å². The Morgan fingerprint density at radius 2 is 2.05 bits per heavy atom. The topological polar surface area (TPSA) is 45.1 Å². The largest absolute Gasteiger partial charge is 0.387 e. The summed E-state index contributed by atoms with van der Waals surface area (Å²) >= 11 is 6.05. The molecule has 2 rings (SSSR count). The lowest BCUT2D eigenvalue weighted by Gasteiger charge is -2.18. The Balaban J connectivity index is 1.94. The summed E-state index contributed by atoms with van der Waals surface area (Å²) in [6.45, 7) is 2.48. The fourth-order valence-corrected chi connectivity index (χ4v) is 2.16. The molecule has 0 aliphatic rings. The van der Waals surface area contributed by atoms with E-state index in [0.29, 0.717) is 11.6 Å². The molecule has 2 aromatic rings. The van der Waals surface area contributed by atoms with E-state index in [0.717, 1.165) is 11.1 Å². The molecule has 100 valence electrons. The Kier molecular flexibility index (Phi) is 4.91. The average molecular weight is 277 g/mol. The van der Waals surface area contributed by atoms with Gasteiger partial charge in [-0.2, -0.15) is 0 Å². The van der Waals surface area contributed by atoms with Gasteiger partial charge < -0.3 is 10.4 Å². The Hall–Kier alpha value is -1.42. The van der Waals surface area contributed by atoms with E-state index >= 15 is 0 Å². The van der Waals surface area contributed by atoms with Gasteiger partial charge in [-0.1, -0.05) is 35.9 Å². The summed E-state index contributed by atoms with van der Waals surface area (Å²) in [5, 5.41) is 14.0. The maximum absolute atomic E-state index is 10.1. The third kappa shape index (κ3) is 3.77. The number of aliphatic hydroxyl groups is 1. The Bertz CT molecular complexity index is 519. The van der Waals surface area contributed by atoms with Crippen LogP contribution in [0, 0.1) is 0 Å². The molecule has 2 N–H and O–H groups in total. The minimum atomic E-state index is -0.618. The van der Waals surface area contributed by atoms with Crippen LogP contribution >= 0.6 is 11.6 Å². The van der Waals surface area contributed by atoms with Gasteiger partial charge in [0.15, 0.2) is 0 Å². The molecule has 19 heavy (non-hydrogen) atoms. The van der Waals surface area contributed by atoms with Crippen LogP contribution in [0.1, 0.15) is 30.2 Å². The molecule has 0 saturated heterocycles. The molecule has 0 aliphatic carbocycles. The molecular formula is C15H17ClN2O. The molecule has 1 aromatic heterocycles. The molecule has 0 aliphatic heterocycles. The maximum atomic E-state index is 10.1. The van der Waals surface area contributed by atoms with Crippen LogP contribution in [0.5, 0.6) is 0 Å². The SMILES string of the molecule is C[C@H](NCC(O)c1ccccc1Cl)c1cccnc1. The van der Waals surface area contributed by atoms with Crippen LogP contribution in [0.3, 0.4) is 0 Å². The molecule has 0 radical (unpaired) electrons. The van der Waals surface area contributed by atoms with Crippen LogP contribution < -0.4 is 5.32 Å². The summed E-state index contributed by atoms with van der Waals surface area (Å²) in [6.07, 6.45) is 2.95. The number of nitrogens with one attached hydrogen (secondary N) is 1. The van der Waals surface area contributed by atoms with Gasteiger partial charge in [0.25, 0.3) is 0 Å². The summed E-state index contributed by atoms with van der Waals surface area (Å²) in [6, 6.07) is 11.4. The van der Waals surface area contributed by atoms with Crippen molar-refractivity contribution in [2.75, 3.05) is 6.54 Å². The van der Waals surface area contributed by atoms with Crippen LogP contribution in [0.25, 0.3) is 0 Å². The van der Waals surface area contributed by atoms with Gasteiger partial charge in [-0.25, -0.2) is 0 Å². The van der Waals surface area contributed by atoms with Gasteiger partial charge in [0.1, 0.15) is 0 Å². The molecule has 0 saturated carbocycles. The summed E-state index contributed by atoms with van der Waals surface area (Å²) < 4.78 is 0. The number of hydrogen-bond acceptors (Lipinski definition) is 3. The Labute approximate surface area is 118 Å². The van der Waals surface area contributed by atoms with Crippen molar-refractivity contribution in [1.29, 1.82) is 0 Å². The van der Waals surface area contributed by atoms with E-state index < -0.39 is 6.10 Å². The second-order valence-electron chi connectivity index (χ2n) is 4.45. The first-order valence-electron chi connectivity index (χ1n) is 6.24. The Morgan fingerprint density at radius 1 is 1.26 bits per heavy atom. The van der Waals surface area contributed by atoms with Crippen molar-refractivity contribution in [2.45, 2.75) is 19.1 Å². The standard InChI is InChI=1S/C15H17ClN2O/c1-11(12-5-4-8-17-9-12)18-10-15(19)13-6-2-3-7-14(13)16/h2-9,11,15,18-19H,10H2,1H3/t11-,15?/m0/s1. The second-order valence-corrected chi connectivity index (χ2v) is 4.86. The Morgan fingerprint density at radius 3 is 2.74 bits per heavy atom.